The Bertz CT molecular complexity index is 617. The molecule has 0 fully saturated rings. The van der Waals surface area contributed by atoms with Crippen molar-refractivity contribution in [3.05, 3.63) is 52.0 Å². The fraction of sp³-hybridized carbons (Fsp3) is 0.200. The van der Waals surface area contributed by atoms with Crippen LogP contribution in [0.2, 0.25) is 10.0 Å². The molecular formula is C15H15Cl2NOS. The van der Waals surface area contributed by atoms with Crippen LogP contribution in [-0.4, -0.2) is 7.11 Å². The van der Waals surface area contributed by atoms with E-state index < -0.39 is 0 Å². The third-order valence-electron chi connectivity index (χ3n) is 2.82. The molecule has 5 heteroatoms. The van der Waals surface area contributed by atoms with E-state index in [1.54, 1.807) is 24.9 Å². The molecule has 0 radical (unpaired) electrons. The Balaban J connectivity index is 2.40. The lowest BCUT2D eigenvalue weighted by Crippen LogP contribution is -2.08. The van der Waals surface area contributed by atoms with Gasteiger partial charge in [0, 0.05) is 21.4 Å². The van der Waals surface area contributed by atoms with Crippen LogP contribution in [0.5, 0.6) is 5.75 Å². The fourth-order valence-electron chi connectivity index (χ4n) is 1.91. The van der Waals surface area contributed by atoms with E-state index in [1.807, 2.05) is 37.3 Å². The molecule has 0 spiro atoms. The first-order valence-electron chi connectivity index (χ1n) is 6.08. The van der Waals surface area contributed by atoms with Gasteiger partial charge >= 0.3 is 0 Å². The summed E-state index contributed by atoms with van der Waals surface area (Å²) in [5.74, 6) is 0.796. The molecule has 0 saturated carbocycles. The van der Waals surface area contributed by atoms with E-state index >= 15 is 0 Å². The molecule has 0 aliphatic carbocycles. The minimum absolute atomic E-state index is 0.114. The lowest BCUT2D eigenvalue weighted by atomic mass is 10.1. The van der Waals surface area contributed by atoms with Gasteiger partial charge in [-0.15, -0.1) is 0 Å². The fourth-order valence-corrected chi connectivity index (χ4v) is 3.38. The second-order valence-corrected chi connectivity index (χ2v) is 6.27. The zero-order chi connectivity index (χ0) is 14.7. The van der Waals surface area contributed by atoms with Crippen LogP contribution in [0, 0.1) is 0 Å². The zero-order valence-corrected chi connectivity index (χ0v) is 13.5. The van der Waals surface area contributed by atoms with E-state index in [4.69, 9.17) is 33.7 Å². The molecule has 2 aromatic rings. The van der Waals surface area contributed by atoms with Crippen molar-refractivity contribution < 1.29 is 4.74 Å². The second-order valence-electron chi connectivity index (χ2n) is 4.34. The predicted octanol–water partition coefficient (Wildman–Crippen LogP) is 5.17. The van der Waals surface area contributed by atoms with Crippen molar-refractivity contribution in [3.63, 3.8) is 0 Å². The number of nitrogens with two attached hydrogens (primary N) is 1. The highest BCUT2D eigenvalue weighted by Gasteiger charge is 2.14. The predicted molar refractivity (Wildman–Crippen MR) is 86.2 cm³/mol. The molecule has 20 heavy (non-hydrogen) atoms. The Morgan fingerprint density at radius 3 is 2.50 bits per heavy atom. The van der Waals surface area contributed by atoms with Crippen molar-refractivity contribution in [3.8, 4) is 5.75 Å². The lowest BCUT2D eigenvalue weighted by Gasteiger charge is -2.16. The quantitative estimate of drug-likeness (QED) is 0.840. The highest BCUT2D eigenvalue weighted by Crippen LogP contribution is 2.39. The maximum absolute atomic E-state index is 6.06. The third kappa shape index (κ3) is 3.41. The van der Waals surface area contributed by atoms with Crippen molar-refractivity contribution in [2.75, 3.05) is 7.11 Å². The van der Waals surface area contributed by atoms with Gasteiger partial charge in [0.15, 0.2) is 0 Å². The highest BCUT2D eigenvalue weighted by atomic mass is 35.5. The molecule has 0 aromatic heterocycles. The summed E-state index contributed by atoms with van der Waals surface area (Å²) in [6, 6.07) is 11.3. The van der Waals surface area contributed by atoms with Gasteiger partial charge in [-0.2, -0.15) is 0 Å². The van der Waals surface area contributed by atoms with Crippen LogP contribution in [0.4, 0.5) is 0 Å². The Labute approximate surface area is 133 Å². The maximum atomic E-state index is 6.06. The molecular weight excluding hydrogens is 313 g/mol. The smallest absolute Gasteiger partial charge is 0.124 e. The molecule has 0 heterocycles. The topological polar surface area (TPSA) is 35.2 Å². The molecule has 106 valence electrons. The molecule has 1 atom stereocenters. The van der Waals surface area contributed by atoms with E-state index in [0.717, 1.165) is 21.1 Å². The molecule has 2 aromatic carbocycles. The van der Waals surface area contributed by atoms with Crippen LogP contribution in [0.1, 0.15) is 18.5 Å². The molecule has 2 rings (SSSR count). The number of ether oxygens (including phenoxy) is 1. The first-order chi connectivity index (χ1) is 9.52. The molecule has 0 bridgehead atoms. The van der Waals surface area contributed by atoms with Crippen molar-refractivity contribution in [2.45, 2.75) is 22.8 Å². The molecule has 2 N–H and O–H groups in total. The van der Waals surface area contributed by atoms with Gasteiger partial charge < -0.3 is 10.5 Å². The van der Waals surface area contributed by atoms with Crippen molar-refractivity contribution in [1.29, 1.82) is 0 Å². The summed E-state index contributed by atoms with van der Waals surface area (Å²) < 4.78 is 5.39. The molecule has 0 amide bonds. The summed E-state index contributed by atoms with van der Waals surface area (Å²) in [6.45, 7) is 1.94. The first-order valence-corrected chi connectivity index (χ1v) is 7.65. The Hall–Kier alpha value is -0.870. The van der Waals surface area contributed by atoms with Gasteiger partial charge in [-0.25, -0.2) is 0 Å². The lowest BCUT2D eigenvalue weighted by molar-refractivity contribution is 0.405. The molecule has 0 aliphatic rings. The van der Waals surface area contributed by atoms with Gasteiger partial charge in [0.1, 0.15) is 5.75 Å². The average Bonchev–Trinajstić information content (AvgIpc) is 2.42. The van der Waals surface area contributed by atoms with E-state index in [9.17, 15) is 0 Å². The number of halogens is 2. The summed E-state index contributed by atoms with van der Waals surface area (Å²) in [7, 11) is 1.65. The standard InChI is InChI=1S/C15H15Cl2NOS/c1-9(18)15-13(19-2)4-3-5-14(15)20-10-6-7-11(16)12(17)8-10/h3-9H,18H2,1-2H3. The van der Waals surface area contributed by atoms with Crippen molar-refractivity contribution in [1.82, 2.24) is 0 Å². The van der Waals surface area contributed by atoms with Crippen molar-refractivity contribution in [2.24, 2.45) is 5.73 Å². The minimum atomic E-state index is -0.114. The number of hydrogen-bond donors (Lipinski definition) is 1. The average molecular weight is 328 g/mol. The van der Waals surface area contributed by atoms with Crippen LogP contribution < -0.4 is 10.5 Å². The molecule has 0 aliphatic heterocycles. The second kappa shape index (κ2) is 6.72. The van der Waals surface area contributed by atoms with Gasteiger partial charge in [-0.05, 0) is 37.3 Å². The molecule has 2 nitrogen and oxygen atoms in total. The van der Waals surface area contributed by atoms with Gasteiger partial charge in [0.2, 0.25) is 0 Å². The summed E-state index contributed by atoms with van der Waals surface area (Å²) in [5.41, 5.74) is 7.05. The van der Waals surface area contributed by atoms with E-state index in [0.29, 0.717) is 10.0 Å². The zero-order valence-electron chi connectivity index (χ0n) is 11.2. The van der Waals surface area contributed by atoms with E-state index in [2.05, 4.69) is 0 Å². The van der Waals surface area contributed by atoms with Crippen LogP contribution in [0.15, 0.2) is 46.2 Å². The first kappa shape index (κ1) is 15.5. The number of hydrogen-bond acceptors (Lipinski definition) is 3. The maximum Gasteiger partial charge on any atom is 0.124 e. The highest BCUT2D eigenvalue weighted by molar-refractivity contribution is 7.99. The van der Waals surface area contributed by atoms with E-state index in [-0.39, 0.29) is 6.04 Å². The number of methoxy groups -OCH3 is 1. The van der Waals surface area contributed by atoms with Gasteiger partial charge in [-0.1, -0.05) is 41.0 Å². The summed E-state index contributed by atoms with van der Waals surface area (Å²) in [6.07, 6.45) is 0. The SMILES string of the molecule is COc1cccc(Sc2ccc(Cl)c(Cl)c2)c1C(C)N. The summed E-state index contributed by atoms with van der Waals surface area (Å²) >= 11 is 13.6. The van der Waals surface area contributed by atoms with Gasteiger partial charge in [-0.3, -0.25) is 0 Å². The van der Waals surface area contributed by atoms with Crippen molar-refractivity contribution >= 4 is 35.0 Å². The number of benzene rings is 2. The monoisotopic (exact) mass is 327 g/mol. The van der Waals surface area contributed by atoms with Gasteiger partial charge in [0.25, 0.3) is 0 Å². The van der Waals surface area contributed by atoms with Crippen LogP contribution in [0.3, 0.4) is 0 Å². The van der Waals surface area contributed by atoms with E-state index in [1.165, 1.54) is 0 Å². The Kier molecular flexibility index (Phi) is 5.22. The van der Waals surface area contributed by atoms with Crippen LogP contribution >= 0.6 is 35.0 Å². The Morgan fingerprint density at radius 2 is 1.90 bits per heavy atom. The normalized spacial score (nSPS) is 12.2. The van der Waals surface area contributed by atoms with Crippen LogP contribution in [0.25, 0.3) is 0 Å². The number of rotatable bonds is 4. The molecule has 0 saturated heterocycles. The summed E-state index contributed by atoms with van der Waals surface area (Å²) in [4.78, 5) is 2.06. The Morgan fingerprint density at radius 1 is 1.15 bits per heavy atom. The van der Waals surface area contributed by atoms with Crippen LogP contribution in [-0.2, 0) is 0 Å². The third-order valence-corrected chi connectivity index (χ3v) is 4.62. The minimum Gasteiger partial charge on any atom is -0.496 e. The molecule has 1 unspecified atom stereocenters. The van der Waals surface area contributed by atoms with Gasteiger partial charge in [0.05, 0.1) is 17.2 Å². The largest absolute Gasteiger partial charge is 0.496 e. The summed E-state index contributed by atoms with van der Waals surface area (Å²) in [5, 5.41) is 1.09.